The van der Waals surface area contributed by atoms with Gasteiger partial charge >= 0.3 is 5.97 Å². The van der Waals surface area contributed by atoms with Gasteiger partial charge in [-0.1, -0.05) is 0 Å². The molecule has 0 saturated heterocycles. The summed E-state index contributed by atoms with van der Waals surface area (Å²) in [4.78, 5) is 10.4. The molecule has 0 aromatic carbocycles. The molecule has 1 aromatic rings. The van der Waals surface area contributed by atoms with E-state index >= 15 is 0 Å². The third-order valence-electron chi connectivity index (χ3n) is 1.37. The number of carbonyl (C=O) groups is 1. The molecule has 0 aliphatic rings. The highest BCUT2D eigenvalue weighted by molar-refractivity contribution is 5.65. The van der Waals surface area contributed by atoms with Crippen molar-refractivity contribution in [2.75, 3.05) is 0 Å². The van der Waals surface area contributed by atoms with Crippen LogP contribution in [0.1, 0.15) is 18.2 Å². The van der Waals surface area contributed by atoms with Crippen molar-refractivity contribution in [3.8, 4) is 0 Å². The van der Waals surface area contributed by atoms with Crippen molar-refractivity contribution in [2.45, 2.75) is 20.5 Å². The topological polar surface area (TPSA) is 39.4 Å². The summed E-state index contributed by atoms with van der Waals surface area (Å²) in [6.45, 7) is 3.51. The Bertz CT molecular complexity index is 250. The predicted octanol–water partition coefficient (Wildman–Crippen LogP) is 1.65. The van der Waals surface area contributed by atoms with Crippen LogP contribution >= 0.6 is 0 Å². The van der Waals surface area contributed by atoms with Crippen LogP contribution in [0.2, 0.25) is 0 Å². The summed E-state index contributed by atoms with van der Waals surface area (Å²) in [5, 5.41) is 0. The van der Waals surface area contributed by atoms with E-state index < -0.39 is 0 Å². The van der Waals surface area contributed by atoms with Crippen LogP contribution in [-0.4, -0.2) is 5.97 Å². The summed E-state index contributed by atoms with van der Waals surface area (Å²) in [6.07, 6.45) is 1.58. The Morgan fingerprint density at radius 1 is 1.73 bits per heavy atom. The molecule has 0 aliphatic heterocycles. The van der Waals surface area contributed by atoms with E-state index in [1.54, 1.807) is 6.26 Å². The van der Waals surface area contributed by atoms with Gasteiger partial charge in [0.05, 0.1) is 6.26 Å². The smallest absolute Gasteiger partial charge is 0.303 e. The molecule has 1 aromatic heterocycles. The van der Waals surface area contributed by atoms with Crippen LogP contribution in [0.3, 0.4) is 0 Å². The lowest BCUT2D eigenvalue weighted by atomic mass is 10.3. The Morgan fingerprint density at radius 3 is 2.91 bits per heavy atom. The highest BCUT2D eigenvalue weighted by Gasteiger charge is 2.02. The molecule has 0 atom stereocenters. The van der Waals surface area contributed by atoms with E-state index in [1.165, 1.54) is 6.92 Å². The van der Waals surface area contributed by atoms with Crippen LogP contribution in [0, 0.1) is 6.92 Å². The molecule has 60 valence electrons. The van der Waals surface area contributed by atoms with E-state index in [-0.39, 0.29) is 12.6 Å². The maximum absolute atomic E-state index is 10.4. The highest BCUT2D eigenvalue weighted by Crippen LogP contribution is 2.09. The second kappa shape index (κ2) is 3.23. The Morgan fingerprint density at radius 2 is 2.45 bits per heavy atom. The van der Waals surface area contributed by atoms with Crippen molar-refractivity contribution in [1.29, 1.82) is 0 Å². The van der Waals surface area contributed by atoms with E-state index in [0.29, 0.717) is 5.76 Å². The normalized spacial score (nSPS) is 9.64. The summed E-state index contributed by atoms with van der Waals surface area (Å²) < 4.78 is 9.77. The standard InChI is InChI=1S/C8H10O3/c1-6-3-4-10-8(6)5-11-7(2)9/h3-4H,5H2,1-2H3. The van der Waals surface area contributed by atoms with Gasteiger partial charge < -0.3 is 9.15 Å². The summed E-state index contributed by atoms with van der Waals surface area (Å²) in [5.74, 6) is 0.418. The minimum absolute atomic E-state index is 0.230. The summed E-state index contributed by atoms with van der Waals surface area (Å²) in [5.41, 5.74) is 1.01. The van der Waals surface area contributed by atoms with Crippen LogP contribution in [0.15, 0.2) is 16.7 Å². The van der Waals surface area contributed by atoms with Gasteiger partial charge in [-0.2, -0.15) is 0 Å². The number of furan rings is 1. The average molecular weight is 154 g/mol. The molecule has 1 rings (SSSR count). The highest BCUT2D eigenvalue weighted by atomic mass is 16.5. The molecule has 0 spiro atoms. The van der Waals surface area contributed by atoms with Crippen LogP contribution < -0.4 is 0 Å². The predicted molar refractivity (Wildman–Crippen MR) is 38.9 cm³/mol. The molecule has 0 bridgehead atoms. The van der Waals surface area contributed by atoms with Gasteiger partial charge in [-0.3, -0.25) is 4.79 Å². The van der Waals surface area contributed by atoms with Crippen molar-refractivity contribution >= 4 is 5.97 Å². The molecule has 0 fully saturated rings. The first kappa shape index (κ1) is 7.85. The molecular formula is C8H10O3. The van der Waals surface area contributed by atoms with Gasteiger partial charge in [0.15, 0.2) is 0 Å². The molecule has 3 nitrogen and oxygen atoms in total. The average Bonchev–Trinajstić information content (AvgIpc) is 2.31. The van der Waals surface area contributed by atoms with Crippen LogP contribution in [0.5, 0.6) is 0 Å². The zero-order chi connectivity index (χ0) is 8.27. The lowest BCUT2D eigenvalue weighted by Gasteiger charge is -1.98. The fourth-order valence-corrected chi connectivity index (χ4v) is 0.719. The molecule has 1 heterocycles. The van der Waals surface area contributed by atoms with Crippen molar-refractivity contribution in [3.05, 3.63) is 23.7 Å². The molecule has 0 unspecified atom stereocenters. The van der Waals surface area contributed by atoms with E-state index in [4.69, 9.17) is 9.15 Å². The Labute approximate surface area is 65.0 Å². The number of aryl methyl sites for hydroxylation is 1. The van der Waals surface area contributed by atoms with Crippen LogP contribution in [0.25, 0.3) is 0 Å². The quantitative estimate of drug-likeness (QED) is 0.608. The van der Waals surface area contributed by atoms with Gasteiger partial charge in [0.1, 0.15) is 12.4 Å². The maximum Gasteiger partial charge on any atom is 0.303 e. The Hall–Kier alpha value is -1.25. The maximum atomic E-state index is 10.4. The zero-order valence-electron chi connectivity index (χ0n) is 6.59. The second-order valence-electron chi connectivity index (χ2n) is 2.31. The fraction of sp³-hybridized carbons (Fsp3) is 0.375. The number of ether oxygens (including phenoxy) is 1. The molecule has 0 saturated carbocycles. The van der Waals surface area contributed by atoms with Crippen molar-refractivity contribution in [2.24, 2.45) is 0 Å². The lowest BCUT2D eigenvalue weighted by molar-refractivity contribution is -0.142. The third kappa shape index (κ3) is 2.11. The number of hydrogen-bond acceptors (Lipinski definition) is 3. The molecule has 0 N–H and O–H groups in total. The van der Waals surface area contributed by atoms with E-state index in [1.807, 2.05) is 13.0 Å². The van der Waals surface area contributed by atoms with E-state index in [2.05, 4.69) is 0 Å². The molecule has 0 radical (unpaired) electrons. The monoisotopic (exact) mass is 154 g/mol. The first-order valence-corrected chi connectivity index (χ1v) is 3.36. The molecule has 0 amide bonds. The van der Waals surface area contributed by atoms with Gasteiger partial charge in [-0.05, 0) is 18.6 Å². The second-order valence-corrected chi connectivity index (χ2v) is 2.31. The third-order valence-corrected chi connectivity index (χ3v) is 1.37. The first-order valence-electron chi connectivity index (χ1n) is 3.36. The largest absolute Gasteiger partial charge is 0.465 e. The minimum atomic E-state index is -0.291. The van der Waals surface area contributed by atoms with Crippen LogP contribution in [0.4, 0.5) is 0 Å². The molecular weight excluding hydrogens is 144 g/mol. The Kier molecular flexibility index (Phi) is 2.31. The lowest BCUT2D eigenvalue weighted by Crippen LogP contribution is -1.98. The molecule has 11 heavy (non-hydrogen) atoms. The zero-order valence-corrected chi connectivity index (χ0v) is 6.59. The molecule has 3 heteroatoms. The van der Waals surface area contributed by atoms with Gasteiger partial charge in [0.2, 0.25) is 0 Å². The number of hydrogen-bond donors (Lipinski definition) is 0. The number of esters is 1. The van der Waals surface area contributed by atoms with Gasteiger partial charge in [0.25, 0.3) is 0 Å². The van der Waals surface area contributed by atoms with Gasteiger partial charge in [-0.25, -0.2) is 0 Å². The molecule has 0 aliphatic carbocycles. The number of rotatable bonds is 2. The van der Waals surface area contributed by atoms with Gasteiger partial charge in [-0.15, -0.1) is 0 Å². The van der Waals surface area contributed by atoms with Gasteiger partial charge in [0, 0.05) is 6.92 Å². The van der Waals surface area contributed by atoms with Crippen LogP contribution in [-0.2, 0) is 16.1 Å². The number of carbonyl (C=O) groups excluding carboxylic acids is 1. The van der Waals surface area contributed by atoms with E-state index in [0.717, 1.165) is 5.56 Å². The Balaban J connectivity index is 2.51. The first-order chi connectivity index (χ1) is 5.20. The SMILES string of the molecule is CC(=O)OCc1occc1C. The summed E-state index contributed by atoms with van der Waals surface area (Å²) >= 11 is 0. The van der Waals surface area contributed by atoms with Crippen molar-refractivity contribution in [1.82, 2.24) is 0 Å². The minimum Gasteiger partial charge on any atom is -0.465 e. The fourth-order valence-electron chi connectivity index (χ4n) is 0.719. The van der Waals surface area contributed by atoms with E-state index in [9.17, 15) is 4.79 Å². The van der Waals surface area contributed by atoms with Crippen molar-refractivity contribution < 1.29 is 13.9 Å². The summed E-state index contributed by atoms with van der Waals surface area (Å²) in [7, 11) is 0. The summed E-state index contributed by atoms with van der Waals surface area (Å²) in [6, 6.07) is 1.83. The van der Waals surface area contributed by atoms with Crippen molar-refractivity contribution in [3.63, 3.8) is 0 Å².